The molecule has 0 unspecified atom stereocenters. The Balaban J connectivity index is 1.63. The molecule has 1 saturated heterocycles. The van der Waals surface area contributed by atoms with Crippen molar-refractivity contribution in [3.63, 3.8) is 0 Å². The lowest BCUT2D eigenvalue weighted by Gasteiger charge is -2.41. The largest absolute Gasteiger partial charge is 0.350 e. The summed E-state index contributed by atoms with van der Waals surface area (Å²) in [6, 6.07) is 9.73. The Kier molecular flexibility index (Phi) is 5.60. The van der Waals surface area contributed by atoms with Gasteiger partial charge in [-0.25, -0.2) is 4.98 Å². The lowest BCUT2D eigenvalue weighted by atomic mass is 9.98. The van der Waals surface area contributed by atoms with Gasteiger partial charge in [0.05, 0.1) is 22.5 Å². The molecule has 4 rings (SSSR count). The molecule has 1 aromatic carbocycles. The van der Waals surface area contributed by atoms with Crippen LogP contribution in [0.5, 0.6) is 0 Å². The van der Waals surface area contributed by atoms with Crippen LogP contribution in [0.4, 0.5) is 0 Å². The Labute approximate surface area is 178 Å². The Bertz CT molecular complexity index is 1060. The molecule has 0 atom stereocenters. The predicted octanol–water partition coefficient (Wildman–Crippen LogP) is 3.94. The third kappa shape index (κ3) is 4.10. The Hall–Kier alpha value is -2.73. The number of para-hydroxylation sites is 1. The maximum Gasteiger partial charge on any atom is 0.252 e. The van der Waals surface area contributed by atoms with Gasteiger partial charge in [-0.1, -0.05) is 24.6 Å². The number of rotatable bonds is 5. The van der Waals surface area contributed by atoms with E-state index in [9.17, 15) is 4.79 Å². The van der Waals surface area contributed by atoms with Crippen molar-refractivity contribution in [2.24, 2.45) is 7.05 Å². The molecule has 0 radical (unpaired) electrons. The molecular weight excluding hydrogens is 374 g/mol. The van der Waals surface area contributed by atoms with Crippen LogP contribution < -0.4 is 5.32 Å². The molecule has 6 heteroatoms. The molecule has 0 bridgehead atoms. The first kappa shape index (κ1) is 20.5. The van der Waals surface area contributed by atoms with Crippen molar-refractivity contribution in [2.45, 2.75) is 45.6 Å². The van der Waals surface area contributed by atoms with Crippen LogP contribution in [0.25, 0.3) is 22.2 Å². The van der Waals surface area contributed by atoms with Crippen molar-refractivity contribution in [1.82, 2.24) is 25.0 Å². The third-order valence-corrected chi connectivity index (χ3v) is 6.14. The number of nitrogens with one attached hydrogen (secondary N) is 1. The summed E-state index contributed by atoms with van der Waals surface area (Å²) in [4.78, 5) is 20.6. The summed E-state index contributed by atoms with van der Waals surface area (Å²) in [6.45, 7) is 9.22. The molecule has 1 fully saturated rings. The standard InChI is InChI=1S/C24H31N5O/c1-17-20(15-28(4)27-17)22-14-19(18-10-6-7-11-21(18)26-22)23(30)25-16-24(2,3)29-12-8-5-9-13-29/h6-7,10-11,14-15H,5,8-9,12-13,16H2,1-4H3,(H,25,30). The van der Waals surface area contributed by atoms with Crippen molar-refractivity contribution in [1.29, 1.82) is 0 Å². The van der Waals surface area contributed by atoms with Crippen molar-refractivity contribution in [2.75, 3.05) is 19.6 Å². The van der Waals surface area contributed by atoms with E-state index in [1.807, 2.05) is 50.5 Å². The molecule has 2 aromatic heterocycles. The third-order valence-electron chi connectivity index (χ3n) is 6.14. The van der Waals surface area contributed by atoms with Gasteiger partial charge in [0.25, 0.3) is 5.91 Å². The highest BCUT2D eigenvalue weighted by atomic mass is 16.1. The maximum absolute atomic E-state index is 13.3. The van der Waals surface area contributed by atoms with Crippen molar-refractivity contribution < 1.29 is 4.79 Å². The van der Waals surface area contributed by atoms with Gasteiger partial charge in [-0.15, -0.1) is 0 Å². The van der Waals surface area contributed by atoms with Crippen molar-refractivity contribution >= 4 is 16.8 Å². The molecule has 158 valence electrons. The number of pyridine rings is 1. The van der Waals surface area contributed by atoms with Crippen LogP contribution in [0.3, 0.4) is 0 Å². The summed E-state index contributed by atoms with van der Waals surface area (Å²) < 4.78 is 1.78. The zero-order valence-electron chi connectivity index (χ0n) is 18.4. The van der Waals surface area contributed by atoms with E-state index in [0.717, 1.165) is 40.9 Å². The Morgan fingerprint density at radius 3 is 2.60 bits per heavy atom. The summed E-state index contributed by atoms with van der Waals surface area (Å²) in [5, 5.41) is 8.50. The number of carbonyl (C=O) groups excluding carboxylic acids is 1. The van der Waals surface area contributed by atoms with E-state index in [1.165, 1.54) is 19.3 Å². The number of likely N-dealkylation sites (tertiary alicyclic amines) is 1. The molecule has 3 aromatic rings. The highest BCUT2D eigenvalue weighted by Gasteiger charge is 2.28. The minimum absolute atomic E-state index is 0.0542. The van der Waals surface area contributed by atoms with Crippen molar-refractivity contribution in [3.05, 3.63) is 47.8 Å². The highest BCUT2D eigenvalue weighted by Crippen LogP contribution is 2.27. The van der Waals surface area contributed by atoms with Gasteiger partial charge in [-0.05, 0) is 58.8 Å². The minimum Gasteiger partial charge on any atom is -0.350 e. The molecule has 30 heavy (non-hydrogen) atoms. The van der Waals surface area contributed by atoms with E-state index in [-0.39, 0.29) is 11.4 Å². The van der Waals surface area contributed by atoms with Gasteiger partial charge in [-0.3, -0.25) is 14.4 Å². The number of aryl methyl sites for hydroxylation is 2. The van der Waals surface area contributed by atoms with Crippen LogP contribution in [-0.4, -0.2) is 50.7 Å². The van der Waals surface area contributed by atoms with Gasteiger partial charge in [0, 0.05) is 36.3 Å². The predicted molar refractivity (Wildman–Crippen MR) is 121 cm³/mol. The number of amides is 1. The fourth-order valence-corrected chi connectivity index (χ4v) is 4.36. The van der Waals surface area contributed by atoms with Gasteiger partial charge in [0.15, 0.2) is 0 Å². The second-order valence-corrected chi connectivity index (χ2v) is 8.92. The van der Waals surface area contributed by atoms with Crippen LogP contribution >= 0.6 is 0 Å². The number of piperidine rings is 1. The van der Waals surface area contributed by atoms with E-state index >= 15 is 0 Å². The van der Waals surface area contributed by atoms with Gasteiger partial charge in [0.1, 0.15) is 0 Å². The lowest BCUT2D eigenvalue weighted by Crippen LogP contribution is -2.53. The molecule has 0 spiro atoms. The van der Waals surface area contributed by atoms with E-state index in [1.54, 1.807) is 4.68 Å². The summed E-state index contributed by atoms with van der Waals surface area (Å²) in [7, 11) is 1.90. The monoisotopic (exact) mass is 405 g/mol. The molecule has 1 aliphatic heterocycles. The first-order valence-electron chi connectivity index (χ1n) is 10.8. The fourth-order valence-electron chi connectivity index (χ4n) is 4.36. The summed E-state index contributed by atoms with van der Waals surface area (Å²) in [6.07, 6.45) is 5.73. The number of benzene rings is 1. The average Bonchev–Trinajstić information content (AvgIpc) is 3.10. The number of hydrogen-bond acceptors (Lipinski definition) is 4. The van der Waals surface area contributed by atoms with E-state index < -0.39 is 0 Å². The Morgan fingerprint density at radius 1 is 1.17 bits per heavy atom. The fraction of sp³-hybridized carbons (Fsp3) is 0.458. The van der Waals surface area contributed by atoms with Crippen LogP contribution in [0.15, 0.2) is 36.5 Å². The minimum atomic E-state index is -0.0678. The number of hydrogen-bond donors (Lipinski definition) is 1. The number of fused-ring (bicyclic) bond motifs is 1. The number of aromatic nitrogens is 3. The molecule has 1 aliphatic rings. The smallest absolute Gasteiger partial charge is 0.252 e. The molecular formula is C24H31N5O. The Morgan fingerprint density at radius 2 is 1.90 bits per heavy atom. The normalized spacial score (nSPS) is 15.5. The van der Waals surface area contributed by atoms with Gasteiger partial charge in [0.2, 0.25) is 0 Å². The zero-order chi connectivity index (χ0) is 21.3. The molecule has 1 amide bonds. The molecule has 6 nitrogen and oxygen atoms in total. The average molecular weight is 406 g/mol. The quantitative estimate of drug-likeness (QED) is 0.698. The summed E-state index contributed by atoms with van der Waals surface area (Å²) >= 11 is 0. The van der Waals surface area contributed by atoms with E-state index in [0.29, 0.717) is 12.1 Å². The maximum atomic E-state index is 13.3. The van der Waals surface area contributed by atoms with Gasteiger partial charge < -0.3 is 5.32 Å². The molecule has 1 N–H and O–H groups in total. The first-order valence-corrected chi connectivity index (χ1v) is 10.8. The van der Waals surface area contributed by atoms with Gasteiger partial charge in [-0.2, -0.15) is 5.10 Å². The number of nitrogens with zero attached hydrogens (tertiary/aromatic N) is 4. The second-order valence-electron chi connectivity index (χ2n) is 8.92. The lowest BCUT2D eigenvalue weighted by molar-refractivity contribution is 0.0798. The molecule has 0 saturated carbocycles. The first-order chi connectivity index (χ1) is 14.3. The summed E-state index contributed by atoms with van der Waals surface area (Å²) in [5.41, 5.74) is 4.04. The van der Waals surface area contributed by atoms with Gasteiger partial charge >= 0.3 is 0 Å². The van der Waals surface area contributed by atoms with Crippen molar-refractivity contribution in [3.8, 4) is 11.3 Å². The number of carbonyl (C=O) groups is 1. The van der Waals surface area contributed by atoms with E-state index in [4.69, 9.17) is 4.98 Å². The van der Waals surface area contributed by atoms with Crippen LogP contribution in [0, 0.1) is 6.92 Å². The van der Waals surface area contributed by atoms with E-state index in [2.05, 4.69) is 29.2 Å². The molecule has 3 heterocycles. The van der Waals surface area contributed by atoms with Crippen LogP contribution in [-0.2, 0) is 7.05 Å². The molecule has 0 aliphatic carbocycles. The van der Waals surface area contributed by atoms with Crippen LogP contribution in [0.2, 0.25) is 0 Å². The topological polar surface area (TPSA) is 63.1 Å². The highest BCUT2D eigenvalue weighted by molar-refractivity contribution is 6.07. The SMILES string of the molecule is Cc1nn(C)cc1-c1cc(C(=O)NCC(C)(C)N2CCCCC2)c2ccccc2n1. The second kappa shape index (κ2) is 8.19. The summed E-state index contributed by atoms with van der Waals surface area (Å²) in [5.74, 6) is -0.0542. The van der Waals surface area contributed by atoms with Crippen LogP contribution in [0.1, 0.15) is 49.2 Å². The zero-order valence-corrected chi connectivity index (χ0v) is 18.4.